The zero-order valence-electron chi connectivity index (χ0n) is 17.6. The van der Waals surface area contributed by atoms with Crippen LogP contribution in [0, 0.1) is 11.8 Å². The highest BCUT2D eigenvalue weighted by molar-refractivity contribution is 6.02. The van der Waals surface area contributed by atoms with E-state index in [1.165, 1.54) is 32.9 Å². The molecule has 178 valence electrons. The average molecular weight is 464 g/mol. The summed E-state index contributed by atoms with van der Waals surface area (Å²) in [5, 5.41) is 10.9. The first-order chi connectivity index (χ1) is 14.9. The topological polar surface area (TPSA) is 99.1 Å². The molecule has 11 heteroatoms. The van der Waals surface area contributed by atoms with Crippen LogP contribution in [0.2, 0.25) is 0 Å². The molecule has 1 aromatic rings. The van der Waals surface area contributed by atoms with E-state index in [0.29, 0.717) is 0 Å². The lowest BCUT2D eigenvalue weighted by molar-refractivity contribution is -0.253. The van der Waals surface area contributed by atoms with Gasteiger partial charge in [-0.05, 0) is 38.5 Å². The molecule has 1 aliphatic rings. The van der Waals surface area contributed by atoms with Crippen LogP contribution in [0.25, 0.3) is 0 Å². The minimum atomic E-state index is -4.80. The fourth-order valence-electron chi connectivity index (χ4n) is 3.87. The van der Waals surface area contributed by atoms with E-state index in [-0.39, 0.29) is 18.8 Å². The summed E-state index contributed by atoms with van der Waals surface area (Å²) in [6.45, 7) is 4.07. The lowest BCUT2D eigenvalue weighted by Gasteiger charge is -2.43. The standard InChI is InChI=1S/C21H24F4O7/c1-4-30-17(27)15-13(26)10-20(3,29)16(18(28)31-5-2)14(15)11-7-6-8-12(9-11)32-21(24,25)19(22)23/h6-9,14-16,19,29H,4-5,10H2,1-3H3/t14-,15-,16+,20-/m0/s1. The van der Waals surface area contributed by atoms with Crippen molar-refractivity contribution in [2.45, 2.75) is 51.2 Å². The summed E-state index contributed by atoms with van der Waals surface area (Å²) in [5.74, 6) is -7.71. The predicted octanol–water partition coefficient (Wildman–Crippen LogP) is 3.09. The van der Waals surface area contributed by atoms with Crippen LogP contribution in [0.5, 0.6) is 5.75 Å². The number of aliphatic hydroxyl groups is 1. The number of halogens is 4. The maximum atomic E-state index is 13.4. The molecular formula is C21H24F4O7. The highest BCUT2D eigenvalue weighted by Crippen LogP contribution is 2.47. The Hall–Kier alpha value is -2.69. The first-order valence-electron chi connectivity index (χ1n) is 9.89. The van der Waals surface area contributed by atoms with Gasteiger partial charge in [-0.1, -0.05) is 12.1 Å². The third-order valence-corrected chi connectivity index (χ3v) is 5.10. The largest absolute Gasteiger partial charge is 0.466 e. The van der Waals surface area contributed by atoms with Gasteiger partial charge in [-0.25, -0.2) is 0 Å². The molecule has 0 radical (unpaired) electrons. The van der Waals surface area contributed by atoms with Crippen LogP contribution in [0.1, 0.15) is 38.7 Å². The molecule has 0 saturated heterocycles. The molecule has 1 fully saturated rings. The molecule has 4 atom stereocenters. The average Bonchev–Trinajstić information content (AvgIpc) is 2.66. The number of carbonyl (C=O) groups excluding carboxylic acids is 3. The second kappa shape index (κ2) is 9.85. The zero-order valence-corrected chi connectivity index (χ0v) is 17.6. The van der Waals surface area contributed by atoms with Gasteiger partial charge in [0.25, 0.3) is 0 Å². The maximum absolute atomic E-state index is 13.4. The minimum absolute atomic E-state index is 0.0444. The molecular weight excluding hydrogens is 440 g/mol. The first-order valence-corrected chi connectivity index (χ1v) is 9.89. The second-order valence-electron chi connectivity index (χ2n) is 7.52. The van der Waals surface area contributed by atoms with Crippen LogP contribution in [0.4, 0.5) is 17.6 Å². The monoisotopic (exact) mass is 464 g/mol. The molecule has 0 aromatic heterocycles. The first kappa shape index (κ1) is 25.6. The van der Waals surface area contributed by atoms with E-state index in [1.807, 2.05) is 0 Å². The molecule has 0 aliphatic heterocycles. The van der Waals surface area contributed by atoms with Crippen molar-refractivity contribution in [2.75, 3.05) is 13.2 Å². The Kier molecular flexibility index (Phi) is 7.87. The van der Waals surface area contributed by atoms with Crippen molar-refractivity contribution in [2.24, 2.45) is 11.8 Å². The third-order valence-electron chi connectivity index (χ3n) is 5.10. The molecule has 0 spiro atoms. The Morgan fingerprint density at radius 3 is 2.34 bits per heavy atom. The lowest BCUT2D eigenvalue weighted by atomic mass is 9.61. The highest BCUT2D eigenvalue weighted by Gasteiger charge is 2.57. The van der Waals surface area contributed by atoms with Gasteiger partial charge in [0.05, 0.1) is 24.7 Å². The summed E-state index contributed by atoms with van der Waals surface area (Å²) < 4.78 is 65.9. The van der Waals surface area contributed by atoms with Gasteiger partial charge in [0.1, 0.15) is 11.7 Å². The van der Waals surface area contributed by atoms with E-state index in [1.54, 1.807) is 0 Å². The van der Waals surface area contributed by atoms with Gasteiger partial charge in [-0.2, -0.15) is 17.6 Å². The Bertz CT molecular complexity index is 856. The van der Waals surface area contributed by atoms with Crippen molar-refractivity contribution in [3.8, 4) is 5.75 Å². The van der Waals surface area contributed by atoms with Crippen LogP contribution in [0.3, 0.4) is 0 Å². The molecule has 1 N–H and O–H groups in total. The quantitative estimate of drug-likeness (QED) is 0.359. The summed E-state index contributed by atoms with van der Waals surface area (Å²) in [7, 11) is 0. The van der Waals surface area contributed by atoms with Gasteiger partial charge in [0, 0.05) is 12.3 Å². The molecule has 7 nitrogen and oxygen atoms in total. The van der Waals surface area contributed by atoms with Gasteiger partial charge in [-0.15, -0.1) is 0 Å². The summed E-state index contributed by atoms with van der Waals surface area (Å²) in [4.78, 5) is 38.1. The van der Waals surface area contributed by atoms with Crippen LogP contribution in [0.15, 0.2) is 24.3 Å². The molecule has 0 heterocycles. The van der Waals surface area contributed by atoms with Crippen molar-refractivity contribution in [1.82, 2.24) is 0 Å². The normalized spacial score (nSPS) is 26.0. The summed E-state index contributed by atoms with van der Waals surface area (Å²) in [5.41, 5.74) is -1.99. The second-order valence-corrected chi connectivity index (χ2v) is 7.52. The molecule has 2 rings (SSSR count). The maximum Gasteiger partial charge on any atom is 0.461 e. The van der Waals surface area contributed by atoms with E-state index in [2.05, 4.69) is 4.74 Å². The van der Waals surface area contributed by atoms with Crippen molar-refractivity contribution in [3.63, 3.8) is 0 Å². The molecule has 0 amide bonds. The molecule has 32 heavy (non-hydrogen) atoms. The van der Waals surface area contributed by atoms with Gasteiger partial charge >= 0.3 is 24.5 Å². The van der Waals surface area contributed by atoms with Crippen LogP contribution in [-0.4, -0.2) is 54.2 Å². The summed E-state index contributed by atoms with van der Waals surface area (Å²) in [6.07, 6.45) is -9.47. The van der Waals surface area contributed by atoms with Crippen molar-refractivity contribution in [3.05, 3.63) is 29.8 Å². The fraction of sp³-hybridized carbons (Fsp3) is 0.571. The Morgan fingerprint density at radius 1 is 1.19 bits per heavy atom. The zero-order chi connectivity index (χ0) is 24.3. The van der Waals surface area contributed by atoms with Gasteiger partial charge in [-0.3, -0.25) is 14.4 Å². The number of carbonyl (C=O) groups is 3. The number of hydrogen-bond acceptors (Lipinski definition) is 7. The summed E-state index contributed by atoms with van der Waals surface area (Å²) in [6, 6.07) is 4.35. The van der Waals surface area contributed by atoms with E-state index < -0.39 is 65.8 Å². The molecule has 1 aromatic carbocycles. The molecule has 0 bridgehead atoms. The predicted molar refractivity (Wildman–Crippen MR) is 101 cm³/mol. The fourth-order valence-corrected chi connectivity index (χ4v) is 3.87. The van der Waals surface area contributed by atoms with Crippen molar-refractivity contribution < 1.29 is 51.3 Å². The van der Waals surface area contributed by atoms with Gasteiger partial charge in [0.2, 0.25) is 0 Å². The Morgan fingerprint density at radius 2 is 1.78 bits per heavy atom. The van der Waals surface area contributed by atoms with Crippen molar-refractivity contribution >= 4 is 17.7 Å². The number of ketones is 1. The van der Waals surface area contributed by atoms with E-state index in [9.17, 15) is 37.1 Å². The number of rotatable bonds is 8. The number of esters is 2. The van der Waals surface area contributed by atoms with Gasteiger partial charge in [0.15, 0.2) is 5.78 Å². The van der Waals surface area contributed by atoms with Crippen LogP contribution in [-0.2, 0) is 23.9 Å². The molecule has 1 saturated carbocycles. The smallest absolute Gasteiger partial charge is 0.461 e. The molecule has 0 unspecified atom stereocenters. The van der Waals surface area contributed by atoms with Crippen LogP contribution < -0.4 is 4.74 Å². The number of hydrogen-bond donors (Lipinski definition) is 1. The number of Topliss-reactive ketones (excluding diaryl/α,β-unsaturated/α-hetero) is 1. The molecule has 1 aliphatic carbocycles. The number of alkyl halides is 4. The Balaban J connectivity index is 2.62. The number of benzene rings is 1. The van der Waals surface area contributed by atoms with Crippen molar-refractivity contribution in [1.29, 1.82) is 0 Å². The minimum Gasteiger partial charge on any atom is -0.466 e. The van der Waals surface area contributed by atoms with Crippen LogP contribution >= 0.6 is 0 Å². The Labute approximate surface area is 181 Å². The van der Waals surface area contributed by atoms with Gasteiger partial charge < -0.3 is 19.3 Å². The highest BCUT2D eigenvalue weighted by atomic mass is 19.3. The summed E-state index contributed by atoms with van der Waals surface area (Å²) >= 11 is 0. The number of ether oxygens (including phenoxy) is 3. The lowest BCUT2D eigenvalue weighted by Crippen LogP contribution is -2.55. The van der Waals surface area contributed by atoms with E-state index >= 15 is 0 Å². The SMILES string of the molecule is CCOC(=O)[C@H]1C(=O)C[C@](C)(O)[C@@H](C(=O)OCC)[C@H]1c1cccc(OC(F)(F)C(F)F)c1. The third kappa shape index (κ3) is 5.37. The van der Waals surface area contributed by atoms with E-state index in [4.69, 9.17) is 9.47 Å². The van der Waals surface area contributed by atoms with E-state index in [0.717, 1.165) is 12.1 Å².